The van der Waals surface area contributed by atoms with Crippen LogP contribution in [0.4, 0.5) is 5.69 Å². The Kier molecular flexibility index (Phi) is 6.00. The Morgan fingerprint density at radius 3 is 2.38 bits per heavy atom. The molecule has 0 bridgehead atoms. The quantitative estimate of drug-likeness (QED) is 0.619. The fraction of sp³-hybridized carbons (Fsp3) is 0.188. The van der Waals surface area contributed by atoms with Gasteiger partial charge < -0.3 is 10.1 Å². The molecule has 0 heterocycles. The van der Waals surface area contributed by atoms with Crippen molar-refractivity contribution in [3.63, 3.8) is 0 Å². The van der Waals surface area contributed by atoms with Crippen LogP contribution in [0, 0.1) is 10.1 Å². The van der Waals surface area contributed by atoms with E-state index in [-0.39, 0.29) is 22.0 Å². The van der Waals surface area contributed by atoms with Gasteiger partial charge in [0, 0.05) is 18.7 Å². The third-order valence-corrected chi connectivity index (χ3v) is 3.95. The van der Waals surface area contributed by atoms with Gasteiger partial charge in [-0.2, -0.15) is 0 Å². The van der Waals surface area contributed by atoms with Crippen molar-refractivity contribution in [1.82, 2.24) is 5.32 Å². The summed E-state index contributed by atoms with van der Waals surface area (Å²) in [6.07, 6.45) is 0.518. The summed E-state index contributed by atoms with van der Waals surface area (Å²) in [6, 6.07) is 9.23. The number of carbonyl (C=O) groups is 1. The molecule has 0 atom stereocenters. The van der Waals surface area contributed by atoms with Crippen LogP contribution in [-0.2, 0) is 6.42 Å². The molecule has 0 radical (unpaired) electrons. The molecule has 126 valence electrons. The van der Waals surface area contributed by atoms with Gasteiger partial charge in [-0.25, -0.2) is 0 Å². The Morgan fingerprint density at radius 1 is 1.17 bits per heavy atom. The van der Waals surface area contributed by atoms with Crippen LogP contribution >= 0.6 is 23.2 Å². The molecule has 1 N–H and O–H groups in total. The summed E-state index contributed by atoms with van der Waals surface area (Å²) in [5.74, 6) is -0.182. The van der Waals surface area contributed by atoms with Crippen molar-refractivity contribution >= 4 is 34.8 Å². The first-order valence-electron chi connectivity index (χ1n) is 6.97. The molecule has 1 amide bonds. The zero-order chi connectivity index (χ0) is 17.7. The number of ether oxygens (including phenoxy) is 1. The molecule has 0 aromatic heterocycles. The first-order chi connectivity index (χ1) is 11.4. The van der Waals surface area contributed by atoms with Crippen molar-refractivity contribution in [2.75, 3.05) is 13.7 Å². The Bertz CT molecular complexity index is 763. The number of nitro benzene ring substituents is 1. The lowest BCUT2D eigenvalue weighted by Crippen LogP contribution is -2.26. The predicted molar refractivity (Wildman–Crippen MR) is 92.1 cm³/mol. The Balaban J connectivity index is 2.01. The van der Waals surface area contributed by atoms with E-state index in [1.54, 1.807) is 18.2 Å². The number of methoxy groups -OCH3 is 1. The number of benzene rings is 2. The zero-order valence-corrected chi connectivity index (χ0v) is 14.2. The fourth-order valence-corrected chi connectivity index (χ4v) is 2.61. The Hall–Kier alpha value is -2.31. The maximum absolute atomic E-state index is 12.3. The van der Waals surface area contributed by atoms with Crippen LogP contribution in [0.5, 0.6) is 5.75 Å². The van der Waals surface area contributed by atoms with Crippen LogP contribution in [0.2, 0.25) is 10.0 Å². The van der Waals surface area contributed by atoms with E-state index in [1.165, 1.54) is 25.3 Å². The van der Waals surface area contributed by atoms with Crippen LogP contribution in [-0.4, -0.2) is 24.5 Å². The van der Waals surface area contributed by atoms with Gasteiger partial charge in [-0.15, -0.1) is 0 Å². The van der Waals surface area contributed by atoms with Crippen LogP contribution < -0.4 is 10.1 Å². The number of hydrogen-bond donors (Lipinski definition) is 1. The van der Waals surface area contributed by atoms with Gasteiger partial charge in [0.1, 0.15) is 5.56 Å². The van der Waals surface area contributed by atoms with Crippen LogP contribution in [0.3, 0.4) is 0 Å². The van der Waals surface area contributed by atoms with E-state index in [1.807, 2.05) is 0 Å². The lowest BCUT2D eigenvalue weighted by molar-refractivity contribution is -0.384. The number of carbonyl (C=O) groups excluding carboxylic acids is 1. The monoisotopic (exact) mass is 368 g/mol. The second-order valence-corrected chi connectivity index (χ2v) is 5.68. The highest BCUT2D eigenvalue weighted by Crippen LogP contribution is 2.33. The van der Waals surface area contributed by atoms with Crippen LogP contribution in [0.15, 0.2) is 36.4 Å². The van der Waals surface area contributed by atoms with Crippen molar-refractivity contribution in [1.29, 1.82) is 0 Å². The minimum Gasteiger partial charge on any atom is -0.494 e. The number of hydrogen-bond acceptors (Lipinski definition) is 4. The molecule has 24 heavy (non-hydrogen) atoms. The zero-order valence-electron chi connectivity index (χ0n) is 12.7. The van der Waals surface area contributed by atoms with Gasteiger partial charge in [0.25, 0.3) is 11.6 Å². The molecule has 6 nitrogen and oxygen atoms in total. The number of rotatable bonds is 6. The maximum atomic E-state index is 12.3. The van der Waals surface area contributed by atoms with E-state index in [4.69, 9.17) is 27.9 Å². The molecule has 2 aromatic carbocycles. The summed E-state index contributed by atoms with van der Waals surface area (Å²) >= 11 is 12.1. The highest BCUT2D eigenvalue weighted by molar-refractivity contribution is 6.37. The van der Waals surface area contributed by atoms with E-state index in [2.05, 4.69) is 5.32 Å². The average molecular weight is 369 g/mol. The van der Waals surface area contributed by atoms with E-state index in [0.29, 0.717) is 18.0 Å². The topological polar surface area (TPSA) is 81.5 Å². The molecule has 0 saturated carbocycles. The third-order valence-electron chi connectivity index (χ3n) is 3.34. The molecule has 0 unspecified atom stereocenters. The van der Waals surface area contributed by atoms with Crippen molar-refractivity contribution in [2.45, 2.75) is 6.42 Å². The largest absolute Gasteiger partial charge is 0.494 e. The fourth-order valence-electron chi connectivity index (χ4n) is 2.14. The Morgan fingerprint density at radius 2 is 1.79 bits per heavy atom. The van der Waals surface area contributed by atoms with Crippen LogP contribution in [0.25, 0.3) is 0 Å². The number of non-ortho nitro benzene ring substituents is 1. The molecule has 2 aromatic rings. The summed E-state index contributed by atoms with van der Waals surface area (Å²) in [7, 11) is 1.41. The van der Waals surface area contributed by atoms with E-state index in [0.717, 1.165) is 5.56 Å². The first-order valence-corrected chi connectivity index (χ1v) is 7.73. The molecule has 8 heteroatoms. The van der Waals surface area contributed by atoms with Gasteiger partial charge >= 0.3 is 0 Å². The van der Waals surface area contributed by atoms with Gasteiger partial charge in [0.2, 0.25) is 0 Å². The van der Waals surface area contributed by atoms with E-state index >= 15 is 0 Å². The second-order valence-electron chi connectivity index (χ2n) is 4.87. The summed E-state index contributed by atoms with van der Waals surface area (Å²) in [4.78, 5) is 22.5. The second kappa shape index (κ2) is 7.99. The van der Waals surface area contributed by atoms with Crippen molar-refractivity contribution in [3.8, 4) is 5.75 Å². The van der Waals surface area contributed by atoms with E-state index < -0.39 is 10.8 Å². The molecule has 0 saturated heterocycles. The summed E-state index contributed by atoms with van der Waals surface area (Å²) in [5.41, 5.74) is 1.07. The normalized spacial score (nSPS) is 10.3. The highest BCUT2D eigenvalue weighted by atomic mass is 35.5. The molecule has 2 rings (SSSR count). The molecule has 0 aliphatic rings. The molecule has 0 fully saturated rings. The Labute approximate surface area is 148 Å². The molecule has 0 aliphatic carbocycles. The maximum Gasteiger partial charge on any atom is 0.269 e. The highest BCUT2D eigenvalue weighted by Gasteiger charge is 2.19. The predicted octanol–water partition coefficient (Wildman–Crippen LogP) is 3.88. The van der Waals surface area contributed by atoms with Crippen molar-refractivity contribution in [3.05, 3.63) is 67.7 Å². The summed E-state index contributed by atoms with van der Waals surface area (Å²) in [5, 5.41) is 13.9. The third kappa shape index (κ3) is 4.15. The smallest absolute Gasteiger partial charge is 0.269 e. The number of amides is 1. The standard InChI is InChI=1S/C16H14Cl2N2O4/c1-24-15-13(18)7-6-12(17)14(15)16(21)19-9-8-10-2-4-11(5-3-10)20(22)23/h2-7H,8-9H2,1H3,(H,19,21). The lowest BCUT2D eigenvalue weighted by Gasteiger charge is -2.12. The number of halogens is 2. The summed E-state index contributed by atoms with van der Waals surface area (Å²) < 4.78 is 5.14. The number of nitrogens with one attached hydrogen (secondary N) is 1. The minimum absolute atomic E-state index is 0.0261. The molecular weight excluding hydrogens is 355 g/mol. The van der Waals surface area contributed by atoms with Gasteiger partial charge in [-0.1, -0.05) is 35.3 Å². The SMILES string of the molecule is COc1c(Cl)ccc(Cl)c1C(=O)NCCc1ccc([N+](=O)[O-])cc1. The lowest BCUT2D eigenvalue weighted by atomic mass is 10.1. The van der Waals surface area contributed by atoms with Gasteiger partial charge in [0.05, 0.1) is 22.1 Å². The van der Waals surface area contributed by atoms with Gasteiger partial charge in [0.15, 0.2) is 5.75 Å². The number of nitro groups is 1. The molecule has 0 aliphatic heterocycles. The van der Waals surface area contributed by atoms with E-state index in [9.17, 15) is 14.9 Å². The average Bonchev–Trinajstić information content (AvgIpc) is 2.56. The summed E-state index contributed by atoms with van der Waals surface area (Å²) in [6.45, 7) is 0.336. The van der Waals surface area contributed by atoms with Crippen LogP contribution in [0.1, 0.15) is 15.9 Å². The van der Waals surface area contributed by atoms with Crippen molar-refractivity contribution < 1.29 is 14.5 Å². The van der Waals surface area contributed by atoms with Gasteiger partial charge in [-0.3, -0.25) is 14.9 Å². The van der Waals surface area contributed by atoms with Gasteiger partial charge in [-0.05, 0) is 24.1 Å². The first kappa shape index (κ1) is 18.0. The molecular formula is C16H14Cl2N2O4. The minimum atomic E-state index is -0.459. The molecule has 0 spiro atoms. The number of nitrogens with zero attached hydrogens (tertiary/aromatic N) is 1. The van der Waals surface area contributed by atoms with Crippen molar-refractivity contribution in [2.24, 2.45) is 0 Å².